The van der Waals surface area contributed by atoms with Gasteiger partial charge in [-0.3, -0.25) is 0 Å². The number of morpholine rings is 1. The Kier molecular flexibility index (Phi) is 6.79. The quantitative estimate of drug-likeness (QED) is 0.353. The van der Waals surface area contributed by atoms with Crippen LogP contribution in [-0.2, 0) is 16.0 Å². The molecular formula is C12H18IN3O4. The van der Waals surface area contributed by atoms with Crippen LogP contribution in [0.4, 0.5) is 0 Å². The van der Waals surface area contributed by atoms with Gasteiger partial charge >= 0.3 is 5.97 Å². The Balaban J connectivity index is 0.00000200. The van der Waals surface area contributed by atoms with E-state index in [0.717, 1.165) is 13.1 Å². The average Bonchev–Trinajstić information content (AvgIpc) is 2.93. The molecule has 0 saturated carbocycles. The largest absolute Gasteiger partial charge is 0.463 e. The first-order chi connectivity index (χ1) is 9.20. The molecule has 1 fully saturated rings. The van der Waals surface area contributed by atoms with Gasteiger partial charge in [-0.1, -0.05) is 0 Å². The average molecular weight is 395 g/mol. The third-order valence-electron chi connectivity index (χ3n) is 2.78. The van der Waals surface area contributed by atoms with Gasteiger partial charge < -0.3 is 24.5 Å². The summed E-state index contributed by atoms with van der Waals surface area (Å²) in [5.74, 6) is 0.685. The lowest BCUT2D eigenvalue weighted by Gasteiger charge is -2.27. The SMILES string of the molecule is COC(=O)c1ccc(CN=C(N)N2CCOCC2)o1.I. The molecule has 2 heterocycles. The summed E-state index contributed by atoms with van der Waals surface area (Å²) in [6, 6.07) is 3.24. The fourth-order valence-corrected chi connectivity index (χ4v) is 1.72. The highest BCUT2D eigenvalue weighted by atomic mass is 127. The van der Waals surface area contributed by atoms with Crippen LogP contribution in [0.15, 0.2) is 21.5 Å². The molecule has 8 heteroatoms. The highest BCUT2D eigenvalue weighted by Gasteiger charge is 2.13. The first kappa shape index (κ1) is 16.8. The molecule has 0 spiro atoms. The zero-order valence-corrected chi connectivity index (χ0v) is 13.5. The van der Waals surface area contributed by atoms with Gasteiger partial charge in [-0.15, -0.1) is 24.0 Å². The standard InChI is InChI=1S/C12H17N3O4.HI/c1-17-11(16)10-3-2-9(19-10)8-14-12(13)15-4-6-18-7-5-15;/h2-3H,4-8H2,1H3,(H2,13,14);1H. The molecule has 1 aliphatic heterocycles. The van der Waals surface area contributed by atoms with Crippen LogP contribution in [0.1, 0.15) is 16.3 Å². The van der Waals surface area contributed by atoms with Gasteiger partial charge in [0.25, 0.3) is 0 Å². The minimum Gasteiger partial charge on any atom is -0.463 e. The topological polar surface area (TPSA) is 90.3 Å². The van der Waals surface area contributed by atoms with Crippen LogP contribution in [0, 0.1) is 0 Å². The van der Waals surface area contributed by atoms with Crippen LogP contribution in [0.5, 0.6) is 0 Å². The molecule has 20 heavy (non-hydrogen) atoms. The van der Waals surface area contributed by atoms with Gasteiger partial charge in [-0.2, -0.15) is 0 Å². The summed E-state index contributed by atoms with van der Waals surface area (Å²) in [6.45, 7) is 3.08. The first-order valence-corrected chi connectivity index (χ1v) is 6.00. The lowest BCUT2D eigenvalue weighted by Crippen LogP contribution is -2.44. The van der Waals surface area contributed by atoms with E-state index < -0.39 is 5.97 Å². The Hall–Kier alpha value is -1.29. The highest BCUT2D eigenvalue weighted by molar-refractivity contribution is 14.0. The van der Waals surface area contributed by atoms with Crippen molar-refractivity contribution < 1.29 is 18.7 Å². The van der Waals surface area contributed by atoms with Gasteiger partial charge in [0.1, 0.15) is 12.3 Å². The number of ether oxygens (including phenoxy) is 2. The number of hydrogen-bond donors (Lipinski definition) is 1. The highest BCUT2D eigenvalue weighted by Crippen LogP contribution is 2.10. The van der Waals surface area contributed by atoms with E-state index in [0.29, 0.717) is 31.5 Å². The Labute approximate surface area is 134 Å². The number of hydrogen-bond acceptors (Lipinski definition) is 5. The fourth-order valence-electron chi connectivity index (χ4n) is 1.72. The molecule has 7 nitrogen and oxygen atoms in total. The smallest absolute Gasteiger partial charge is 0.373 e. The molecule has 1 aromatic rings. The maximum Gasteiger partial charge on any atom is 0.373 e. The number of methoxy groups -OCH3 is 1. The van der Waals surface area contributed by atoms with Crippen molar-refractivity contribution in [3.05, 3.63) is 23.7 Å². The summed E-state index contributed by atoms with van der Waals surface area (Å²) in [6.07, 6.45) is 0. The molecule has 0 atom stereocenters. The predicted molar refractivity (Wildman–Crippen MR) is 83.2 cm³/mol. The Bertz CT molecular complexity index is 469. The second kappa shape index (κ2) is 8.10. The van der Waals surface area contributed by atoms with Crippen molar-refractivity contribution in [1.82, 2.24) is 4.90 Å². The van der Waals surface area contributed by atoms with Gasteiger partial charge in [0, 0.05) is 13.1 Å². The van der Waals surface area contributed by atoms with Gasteiger partial charge in [-0.05, 0) is 12.1 Å². The lowest BCUT2D eigenvalue weighted by atomic mass is 10.4. The number of guanidine groups is 1. The van der Waals surface area contributed by atoms with Crippen LogP contribution in [0.25, 0.3) is 0 Å². The number of nitrogens with zero attached hydrogens (tertiary/aromatic N) is 2. The van der Waals surface area contributed by atoms with E-state index in [4.69, 9.17) is 14.9 Å². The lowest BCUT2D eigenvalue weighted by molar-refractivity contribution is 0.0563. The molecule has 1 aromatic heterocycles. The summed E-state index contributed by atoms with van der Waals surface area (Å²) in [5, 5.41) is 0. The van der Waals surface area contributed by atoms with Crippen LogP contribution in [0.3, 0.4) is 0 Å². The molecule has 0 radical (unpaired) electrons. The molecule has 0 aliphatic carbocycles. The van der Waals surface area contributed by atoms with Crippen LogP contribution >= 0.6 is 24.0 Å². The maximum atomic E-state index is 11.2. The molecule has 1 aliphatic rings. The Morgan fingerprint density at radius 1 is 1.45 bits per heavy atom. The maximum absolute atomic E-state index is 11.2. The van der Waals surface area contributed by atoms with E-state index in [9.17, 15) is 4.79 Å². The van der Waals surface area contributed by atoms with Crippen molar-refractivity contribution in [2.45, 2.75) is 6.54 Å². The monoisotopic (exact) mass is 395 g/mol. The number of aliphatic imine (C=N–C) groups is 1. The fraction of sp³-hybridized carbons (Fsp3) is 0.500. The molecule has 0 bridgehead atoms. The van der Waals surface area contributed by atoms with Crippen molar-refractivity contribution >= 4 is 35.9 Å². The Morgan fingerprint density at radius 2 is 2.15 bits per heavy atom. The predicted octanol–water partition coefficient (Wildman–Crippen LogP) is 0.831. The number of rotatable bonds is 3. The summed E-state index contributed by atoms with van der Waals surface area (Å²) in [4.78, 5) is 17.4. The van der Waals surface area contributed by atoms with Crippen LogP contribution < -0.4 is 5.73 Å². The first-order valence-electron chi connectivity index (χ1n) is 6.00. The summed E-state index contributed by atoms with van der Waals surface area (Å²) < 4.78 is 15.1. The van der Waals surface area contributed by atoms with Gasteiger partial charge in [-0.25, -0.2) is 9.79 Å². The molecule has 0 unspecified atom stereocenters. The number of esters is 1. The molecule has 2 N–H and O–H groups in total. The van der Waals surface area contributed by atoms with Crippen molar-refractivity contribution in [3.63, 3.8) is 0 Å². The summed E-state index contributed by atoms with van der Waals surface area (Å²) in [5.41, 5.74) is 5.88. The van der Waals surface area contributed by atoms with Crippen molar-refractivity contribution in [2.75, 3.05) is 33.4 Å². The third kappa shape index (κ3) is 4.37. The number of furan rings is 1. The zero-order chi connectivity index (χ0) is 13.7. The molecule has 1 saturated heterocycles. The number of halogens is 1. The van der Waals surface area contributed by atoms with Crippen LogP contribution in [-0.4, -0.2) is 50.2 Å². The minimum absolute atomic E-state index is 0. The van der Waals surface area contributed by atoms with Crippen LogP contribution in [0.2, 0.25) is 0 Å². The summed E-state index contributed by atoms with van der Waals surface area (Å²) in [7, 11) is 1.30. The molecule has 2 rings (SSSR count). The number of nitrogens with two attached hydrogens (primary N) is 1. The van der Waals surface area contributed by atoms with E-state index >= 15 is 0 Å². The Morgan fingerprint density at radius 3 is 2.80 bits per heavy atom. The van der Waals surface area contributed by atoms with Gasteiger partial charge in [0.2, 0.25) is 5.76 Å². The molecule has 112 valence electrons. The van der Waals surface area contributed by atoms with Gasteiger partial charge in [0.05, 0.1) is 20.3 Å². The van der Waals surface area contributed by atoms with E-state index in [1.807, 2.05) is 4.90 Å². The second-order valence-corrected chi connectivity index (χ2v) is 4.03. The number of carbonyl (C=O) groups is 1. The minimum atomic E-state index is -0.503. The van der Waals surface area contributed by atoms with E-state index in [-0.39, 0.29) is 29.7 Å². The van der Waals surface area contributed by atoms with E-state index in [1.165, 1.54) is 7.11 Å². The van der Waals surface area contributed by atoms with E-state index in [1.54, 1.807) is 12.1 Å². The summed E-state index contributed by atoms with van der Waals surface area (Å²) >= 11 is 0. The normalized spacial score (nSPS) is 15.7. The van der Waals surface area contributed by atoms with Crippen molar-refractivity contribution in [3.8, 4) is 0 Å². The van der Waals surface area contributed by atoms with Crippen molar-refractivity contribution in [1.29, 1.82) is 0 Å². The molecular weight excluding hydrogens is 377 g/mol. The van der Waals surface area contributed by atoms with Crippen molar-refractivity contribution in [2.24, 2.45) is 10.7 Å². The third-order valence-corrected chi connectivity index (χ3v) is 2.78. The van der Waals surface area contributed by atoms with E-state index in [2.05, 4.69) is 9.73 Å². The molecule has 0 aromatic carbocycles. The number of carbonyl (C=O) groups excluding carboxylic acids is 1. The molecule has 0 amide bonds. The van der Waals surface area contributed by atoms with Gasteiger partial charge in [0.15, 0.2) is 5.96 Å². The zero-order valence-electron chi connectivity index (χ0n) is 11.2. The second-order valence-electron chi connectivity index (χ2n) is 4.03.